The SMILES string of the molecule is CC(C)(C)c1ccc2c(c1)oc(=O)c1ccccc12. The Morgan fingerprint density at radius 3 is 2.26 bits per heavy atom. The van der Waals surface area contributed by atoms with Crippen molar-refractivity contribution in [3.05, 3.63) is 58.4 Å². The van der Waals surface area contributed by atoms with E-state index < -0.39 is 0 Å². The van der Waals surface area contributed by atoms with Crippen LogP contribution in [0.5, 0.6) is 0 Å². The molecule has 2 aromatic carbocycles. The lowest BCUT2D eigenvalue weighted by atomic mass is 9.86. The number of hydrogen-bond acceptors (Lipinski definition) is 2. The van der Waals surface area contributed by atoms with Crippen LogP contribution in [0.25, 0.3) is 21.7 Å². The molecule has 0 aliphatic rings. The molecule has 0 bridgehead atoms. The zero-order chi connectivity index (χ0) is 13.6. The highest BCUT2D eigenvalue weighted by molar-refractivity contribution is 6.04. The van der Waals surface area contributed by atoms with Crippen molar-refractivity contribution in [1.82, 2.24) is 0 Å². The molecule has 0 fully saturated rings. The van der Waals surface area contributed by atoms with E-state index in [1.54, 1.807) is 6.07 Å². The van der Waals surface area contributed by atoms with Crippen molar-refractivity contribution in [1.29, 1.82) is 0 Å². The maximum absolute atomic E-state index is 12.0. The van der Waals surface area contributed by atoms with Gasteiger partial charge in [-0.1, -0.05) is 51.1 Å². The molecule has 0 radical (unpaired) electrons. The van der Waals surface area contributed by atoms with Crippen LogP contribution in [0.15, 0.2) is 51.7 Å². The molecule has 96 valence electrons. The maximum Gasteiger partial charge on any atom is 0.344 e. The lowest BCUT2D eigenvalue weighted by Crippen LogP contribution is -2.11. The molecule has 0 saturated heterocycles. The molecule has 1 aromatic heterocycles. The fourth-order valence-corrected chi connectivity index (χ4v) is 2.35. The third-order valence-electron chi connectivity index (χ3n) is 3.49. The first-order valence-electron chi connectivity index (χ1n) is 6.43. The predicted octanol–water partition coefficient (Wildman–Crippen LogP) is 4.24. The summed E-state index contributed by atoms with van der Waals surface area (Å²) >= 11 is 0. The second-order valence-electron chi connectivity index (χ2n) is 5.90. The van der Waals surface area contributed by atoms with Gasteiger partial charge in [0.25, 0.3) is 0 Å². The van der Waals surface area contributed by atoms with Gasteiger partial charge in [0.2, 0.25) is 0 Å². The summed E-state index contributed by atoms with van der Waals surface area (Å²) in [5.74, 6) is 0. The quantitative estimate of drug-likeness (QED) is 0.442. The first kappa shape index (κ1) is 12.0. The van der Waals surface area contributed by atoms with Crippen LogP contribution in [-0.2, 0) is 5.41 Å². The minimum atomic E-state index is -0.269. The summed E-state index contributed by atoms with van der Waals surface area (Å²) in [6.45, 7) is 6.44. The molecule has 3 aromatic rings. The second-order valence-corrected chi connectivity index (χ2v) is 5.90. The molecule has 3 rings (SSSR count). The van der Waals surface area contributed by atoms with Crippen LogP contribution >= 0.6 is 0 Å². The highest BCUT2D eigenvalue weighted by Crippen LogP contribution is 2.28. The van der Waals surface area contributed by atoms with Crippen LogP contribution in [0, 0.1) is 0 Å². The Bertz CT molecular complexity index is 820. The first-order valence-corrected chi connectivity index (χ1v) is 6.43. The standard InChI is InChI=1S/C17H16O2/c1-17(2,3)11-8-9-13-12-6-4-5-7-14(12)16(18)19-15(13)10-11/h4-10H,1-3H3. The molecule has 0 aliphatic carbocycles. The Balaban J connectivity index is 2.44. The molecule has 0 atom stereocenters. The molecular weight excluding hydrogens is 236 g/mol. The largest absolute Gasteiger partial charge is 0.422 e. The molecular formula is C17H16O2. The third-order valence-corrected chi connectivity index (χ3v) is 3.49. The van der Waals surface area contributed by atoms with E-state index in [1.165, 1.54) is 5.56 Å². The van der Waals surface area contributed by atoms with Gasteiger partial charge in [-0.2, -0.15) is 0 Å². The normalized spacial score (nSPS) is 12.2. The smallest absolute Gasteiger partial charge is 0.344 e. The van der Waals surface area contributed by atoms with Crippen molar-refractivity contribution >= 4 is 21.7 Å². The Kier molecular flexibility index (Phi) is 2.49. The van der Waals surface area contributed by atoms with Gasteiger partial charge in [-0.25, -0.2) is 4.79 Å². The molecule has 0 saturated carbocycles. The van der Waals surface area contributed by atoms with Crippen molar-refractivity contribution < 1.29 is 4.42 Å². The predicted molar refractivity (Wildman–Crippen MR) is 78.7 cm³/mol. The summed E-state index contributed by atoms with van der Waals surface area (Å²) in [6.07, 6.45) is 0. The molecule has 0 aliphatic heterocycles. The lowest BCUT2D eigenvalue weighted by molar-refractivity contribution is 0.560. The zero-order valence-electron chi connectivity index (χ0n) is 11.4. The topological polar surface area (TPSA) is 30.2 Å². The van der Waals surface area contributed by atoms with E-state index in [4.69, 9.17) is 4.42 Å². The number of rotatable bonds is 0. The Hall–Kier alpha value is -2.09. The highest BCUT2D eigenvalue weighted by atomic mass is 16.4. The van der Waals surface area contributed by atoms with Gasteiger partial charge in [0.1, 0.15) is 5.58 Å². The van der Waals surface area contributed by atoms with Gasteiger partial charge < -0.3 is 4.42 Å². The van der Waals surface area contributed by atoms with Gasteiger partial charge in [0.15, 0.2) is 0 Å². The van der Waals surface area contributed by atoms with Crippen LogP contribution in [0.2, 0.25) is 0 Å². The molecule has 0 N–H and O–H groups in total. The van der Waals surface area contributed by atoms with E-state index in [0.717, 1.165) is 10.8 Å². The van der Waals surface area contributed by atoms with Gasteiger partial charge in [0.05, 0.1) is 5.39 Å². The Morgan fingerprint density at radius 1 is 0.895 bits per heavy atom. The van der Waals surface area contributed by atoms with Gasteiger partial charge in [-0.15, -0.1) is 0 Å². The highest BCUT2D eigenvalue weighted by Gasteiger charge is 2.15. The molecule has 2 nitrogen and oxygen atoms in total. The van der Waals surface area contributed by atoms with Crippen LogP contribution < -0.4 is 5.63 Å². The van der Waals surface area contributed by atoms with Crippen LogP contribution in [0.1, 0.15) is 26.3 Å². The zero-order valence-corrected chi connectivity index (χ0v) is 11.4. The number of benzene rings is 2. The van der Waals surface area contributed by atoms with E-state index in [1.807, 2.05) is 30.3 Å². The first-order chi connectivity index (χ1) is 8.97. The van der Waals surface area contributed by atoms with Crippen LogP contribution in [-0.4, -0.2) is 0 Å². The summed E-state index contributed by atoms with van der Waals surface area (Å²) in [7, 11) is 0. The second kappa shape index (κ2) is 3.95. The fourth-order valence-electron chi connectivity index (χ4n) is 2.35. The minimum absolute atomic E-state index is 0.0401. The Morgan fingerprint density at radius 2 is 1.58 bits per heavy atom. The molecule has 0 amide bonds. The van der Waals surface area contributed by atoms with Crippen molar-refractivity contribution in [3.63, 3.8) is 0 Å². The average Bonchev–Trinajstić information content (AvgIpc) is 2.37. The monoisotopic (exact) mass is 252 g/mol. The maximum atomic E-state index is 12.0. The van der Waals surface area contributed by atoms with Crippen molar-refractivity contribution in [3.8, 4) is 0 Å². The molecule has 19 heavy (non-hydrogen) atoms. The van der Waals surface area contributed by atoms with Crippen LogP contribution in [0.3, 0.4) is 0 Å². The average molecular weight is 252 g/mol. The van der Waals surface area contributed by atoms with E-state index in [9.17, 15) is 4.79 Å². The van der Waals surface area contributed by atoms with E-state index in [2.05, 4.69) is 26.8 Å². The van der Waals surface area contributed by atoms with Gasteiger partial charge in [-0.3, -0.25) is 0 Å². The molecule has 0 spiro atoms. The molecule has 1 heterocycles. The number of fused-ring (bicyclic) bond motifs is 3. The third kappa shape index (κ3) is 1.93. The fraction of sp³-hybridized carbons (Fsp3) is 0.235. The summed E-state index contributed by atoms with van der Waals surface area (Å²) in [6, 6.07) is 13.7. The van der Waals surface area contributed by atoms with Crippen molar-refractivity contribution in [2.24, 2.45) is 0 Å². The van der Waals surface area contributed by atoms with Gasteiger partial charge in [0, 0.05) is 5.39 Å². The number of hydrogen-bond donors (Lipinski definition) is 0. The van der Waals surface area contributed by atoms with Gasteiger partial charge >= 0.3 is 5.63 Å². The summed E-state index contributed by atoms with van der Waals surface area (Å²) in [5.41, 5.74) is 1.60. The van der Waals surface area contributed by atoms with Gasteiger partial charge in [-0.05, 0) is 28.5 Å². The summed E-state index contributed by atoms with van der Waals surface area (Å²) in [4.78, 5) is 12.0. The van der Waals surface area contributed by atoms with E-state index in [-0.39, 0.29) is 11.0 Å². The summed E-state index contributed by atoms with van der Waals surface area (Å²) in [5, 5.41) is 2.58. The minimum Gasteiger partial charge on any atom is -0.422 e. The van der Waals surface area contributed by atoms with E-state index in [0.29, 0.717) is 11.0 Å². The molecule has 2 heteroatoms. The van der Waals surface area contributed by atoms with E-state index >= 15 is 0 Å². The lowest BCUT2D eigenvalue weighted by Gasteiger charge is -2.19. The van der Waals surface area contributed by atoms with Crippen molar-refractivity contribution in [2.45, 2.75) is 26.2 Å². The van der Waals surface area contributed by atoms with Crippen LogP contribution in [0.4, 0.5) is 0 Å². The Labute approximate surface area is 111 Å². The molecule has 0 unspecified atom stereocenters. The summed E-state index contributed by atoms with van der Waals surface area (Å²) < 4.78 is 5.46. The van der Waals surface area contributed by atoms with Crippen molar-refractivity contribution in [2.75, 3.05) is 0 Å².